The largest absolute Gasteiger partial charge is 0.490 e. The first-order chi connectivity index (χ1) is 9.60. The molecule has 2 rings (SSSR count). The average Bonchev–Trinajstić information content (AvgIpc) is 2.46. The zero-order valence-corrected chi connectivity index (χ0v) is 13.9. The summed E-state index contributed by atoms with van der Waals surface area (Å²) < 4.78 is 7.25. The third-order valence-electron chi connectivity index (χ3n) is 4.24. The van der Waals surface area contributed by atoms with E-state index in [9.17, 15) is 4.79 Å². The van der Waals surface area contributed by atoms with Crippen LogP contribution in [0, 0.1) is 18.8 Å². The Labute approximate surface area is 130 Å². The minimum Gasteiger partial charge on any atom is -0.490 e. The molecule has 0 aromatic heterocycles. The fourth-order valence-electron chi connectivity index (χ4n) is 2.96. The van der Waals surface area contributed by atoms with Gasteiger partial charge < -0.3 is 9.53 Å². The van der Waals surface area contributed by atoms with E-state index in [1.165, 1.54) is 18.4 Å². The maximum atomic E-state index is 10.7. The van der Waals surface area contributed by atoms with Gasteiger partial charge >= 0.3 is 0 Å². The lowest BCUT2D eigenvalue weighted by Crippen LogP contribution is -2.25. The van der Waals surface area contributed by atoms with Crippen molar-refractivity contribution in [3.05, 3.63) is 28.2 Å². The van der Waals surface area contributed by atoms with E-state index in [1.54, 1.807) is 0 Å². The van der Waals surface area contributed by atoms with E-state index < -0.39 is 0 Å². The van der Waals surface area contributed by atoms with E-state index >= 15 is 0 Å². The Bertz CT molecular complexity index is 450. The summed E-state index contributed by atoms with van der Waals surface area (Å²) in [5.74, 6) is 1.88. The molecule has 1 aromatic rings. The first kappa shape index (κ1) is 15.6. The molecule has 0 N–H and O–H groups in total. The van der Waals surface area contributed by atoms with E-state index in [0.29, 0.717) is 12.0 Å². The van der Waals surface area contributed by atoms with E-state index in [0.717, 1.165) is 35.8 Å². The van der Waals surface area contributed by atoms with E-state index in [-0.39, 0.29) is 5.92 Å². The number of aldehydes is 1. The fourth-order valence-corrected chi connectivity index (χ4v) is 3.31. The molecular formula is C17H23BrO2. The average molecular weight is 339 g/mol. The number of hydrogen-bond acceptors (Lipinski definition) is 2. The number of carbonyl (C=O) groups is 1. The van der Waals surface area contributed by atoms with Crippen molar-refractivity contribution < 1.29 is 9.53 Å². The summed E-state index contributed by atoms with van der Waals surface area (Å²) in [6.45, 7) is 4.09. The molecule has 0 radical (unpaired) electrons. The van der Waals surface area contributed by atoms with Crippen molar-refractivity contribution in [3.63, 3.8) is 0 Å². The molecule has 1 atom stereocenters. The van der Waals surface area contributed by atoms with Crippen molar-refractivity contribution in [2.75, 3.05) is 0 Å². The van der Waals surface area contributed by atoms with Gasteiger partial charge in [-0.15, -0.1) is 0 Å². The van der Waals surface area contributed by atoms with Gasteiger partial charge in [0.15, 0.2) is 0 Å². The molecule has 0 aliphatic heterocycles. The lowest BCUT2D eigenvalue weighted by atomic mass is 9.82. The molecule has 0 spiro atoms. The Hall–Kier alpha value is -0.830. The smallest absolute Gasteiger partial charge is 0.123 e. The number of ether oxygens (including phenoxy) is 1. The molecule has 1 aromatic carbocycles. The topological polar surface area (TPSA) is 26.3 Å². The van der Waals surface area contributed by atoms with Crippen LogP contribution >= 0.6 is 15.9 Å². The zero-order valence-electron chi connectivity index (χ0n) is 12.3. The molecule has 0 amide bonds. The van der Waals surface area contributed by atoms with Gasteiger partial charge in [-0.05, 0) is 57.1 Å². The highest BCUT2D eigenvalue weighted by molar-refractivity contribution is 9.10. The third kappa shape index (κ3) is 4.08. The molecule has 1 aliphatic rings. The molecule has 20 heavy (non-hydrogen) atoms. The SMILES string of the molecule is Cc1c(Br)cccc1OC1CCC(C[C@@H](C)C=O)CC1. The van der Waals surface area contributed by atoms with Gasteiger partial charge in [0.25, 0.3) is 0 Å². The van der Waals surface area contributed by atoms with Crippen LogP contribution in [-0.2, 0) is 4.79 Å². The predicted octanol–water partition coefficient (Wildman–Crippen LogP) is 4.92. The number of hydrogen-bond donors (Lipinski definition) is 0. The Morgan fingerprint density at radius 1 is 1.35 bits per heavy atom. The van der Waals surface area contributed by atoms with Gasteiger partial charge in [-0.2, -0.15) is 0 Å². The van der Waals surface area contributed by atoms with Crippen LogP contribution in [0.1, 0.15) is 44.6 Å². The van der Waals surface area contributed by atoms with Crippen LogP contribution in [0.2, 0.25) is 0 Å². The zero-order chi connectivity index (χ0) is 14.5. The molecule has 3 heteroatoms. The van der Waals surface area contributed by atoms with Crippen LogP contribution in [0.25, 0.3) is 0 Å². The van der Waals surface area contributed by atoms with Gasteiger partial charge in [0.2, 0.25) is 0 Å². The first-order valence-corrected chi connectivity index (χ1v) is 8.26. The third-order valence-corrected chi connectivity index (χ3v) is 5.10. The quantitative estimate of drug-likeness (QED) is 0.712. The van der Waals surface area contributed by atoms with Crippen molar-refractivity contribution >= 4 is 22.2 Å². The summed E-state index contributed by atoms with van der Waals surface area (Å²) in [5.41, 5.74) is 1.17. The number of halogens is 1. The van der Waals surface area contributed by atoms with Gasteiger partial charge in [0.05, 0.1) is 6.10 Å². The maximum Gasteiger partial charge on any atom is 0.123 e. The van der Waals surface area contributed by atoms with Crippen molar-refractivity contribution in [1.82, 2.24) is 0 Å². The van der Waals surface area contributed by atoms with Crippen molar-refractivity contribution in [2.45, 2.75) is 52.1 Å². The molecule has 1 fully saturated rings. The summed E-state index contributed by atoms with van der Waals surface area (Å²) >= 11 is 3.54. The molecule has 1 saturated carbocycles. The molecule has 0 bridgehead atoms. The standard InChI is InChI=1S/C17H23BrO2/c1-12(11-19)10-14-6-8-15(9-7-14)20-17-5-3-4-16(18)13(17)2/h3-5,11-12,14-15H,6-10H2,1-2H3/t12-,14?,15?/m1/s1. The van der Waals surface area contributed by atoms with E-state index in [4.69, 9.17) is 4.74 Å². The minimum atomic E-state index is 0.199. The maximum absolute atomic E-state index is 10.7. The van der Waals surface area contributed by atoms with E-state index in [2.05, 4.69) is 22.9 Å². The lowest BCUT2D eigenvalue weighted by Gasteiger charge is -2.30. The van der Waals surface area contributed by atoms with Crippen LogP contribution in [0.5, 0.6) is 5.75 Å². The number of benzene rings is 1. The number of rotatable bonds is 5. The Morgan fingerprint density at radius 2 is 2.05 bits per heavy atom. The Kier molecular flexibility index (Phi) is 5.64. The normalized spacial score (nSPS) is 24.1. The van der Waals surface area contributed by atoms with Crippen molar-refractivity contribution in [3.8, 4) is 5.75 Å². The summed E-state index contributed by atoms with van der Waals surface area (Å²) in [4.78, 5) is 10.7. The van der Waals surface area contributed by atoms with Gasteiger partial charge in [0, 0.05) is 16.0 Å². The predicted molar refractivity (Wildman–Crippen MR) is 85.1 cm³/mol. The summed E-state index contributed by atoms with van der Waals surface area (Å²) in [7, 11) is 0. The molecule has 1 aliphatic carbocycles. The monoisotopic (exact) mass is 338 g/mol. The molecule has 110 valence electrons. The number of carbonyl (C=O) groups excluding carboxylic acids is 1. The van der Waals surface area contributed by atoms with Crippen LogP contribution in [0.4, 0.5) is 0 Å². The Morgan fingerprint density at radius 3 is 2.70 bits per heavy atom. The highest BCUT2D eigenvalue weighted by Gasteiger charge is 2.24. The second kappa shape index (κ2) is 7.26. The lowest BCUT2D eigenvalue weighted by molar-refractivity contribution is -0.111. The van der Waals surface area contributed by atoms with Crippen LogP contribution in [0.3, 0.4) is 0 Å². The van der Waals surface area contributed by atoms with Gasteiger partial charge in [0.1, 0.15) is 12.0 Å². The molecular weight excluding hydrogens is 316 g/mol. The van der Waals surface area contributed by atoms with Gasteiger partial charge in [-0.3, -0.25) is 0 Å². The van der Waals surface area contributed by atoms with Gasteiger partial charge in [-0.1, -0.05) is 28.9 Å². The highest BCUT2D eigenvalue weighted by Crippen LogP contribution is 2.33. The summed E-state index contributed by atoms with van der Waals surface area (Å²) in [6, 6.07) is 6.10. The fraction of sp³-hybridized carbons (Fsp3) is 0.588. The van der Waals surface area contributed by atoms with Crippen molar-refractivity contribution in [1.29, 1.82) is 0 Å². The minimum absolute atomic E-state index is 0.199. The molecule has 2 nitrogen and oxygen atoms in total. The highest BCUT2D eigenvalue weighted by atomic mass is 79.9. The van der Waals surface area contributed by atoms with Crippen LogP contribution in [0.15, 0.2) is 22.7 Å². The van der Waals surface area contributed by atoms with Crippen molar-refractivity contribution in [2.24, 2.45) is 11.8 Å². The Balaban J connectivity index is 1.85. The second-order valence-electron chi connectivity index (χ2n) is 5.97. The first-order valence-electron chi connectivity index (χ1n) is 7.47. The molecule has 0 heterocycles. The molecule has 0 unspecified atom stereocenters. The second-order valence-corrected chi connectivity index (χ2v) is 6.83. The van der Waals surface area contributed by atoms with Gasteiger partial charge in [-0.25, -0.2) is 0 Å². The van der Waals surface area contributed by atoms with Crippen LogP contribution in [-0.4, -0.2) is 12.4 Å². The van der Waals surface area contributed by atoms with Crippen LogP contribution < -0.4 is 4.74 Å². The molecule has 0 saturated heterocycles. The summed E-state index contributed by atoms with van der Waals surface area (Å²) in [5, 5.41) is 0. The van der Waals surface area contributed by atoms with E-state index in [1.807, 2.05) is 25.1 Å². The summed E-state index contributed by atoms with van der Waals surface area (Å²) in [6.07, 6.45) is 6.99.